The van der Waals surface area contributed by atoms with Gasteiger partial charge in [-0.3, -0.25) is 4.79 Å². The molecule has 0 bridgehead atoms. The molecule has 1 aromatic carbocycles. The lowest BCUT2D eigenvalue weighted by Gasteiger charge is -2.42. The molecule has 0 spiro atoms. The molecule has 2 saturated heterocycles. The van der Waals surface area contributed by atoms with E-state index in [0.717, 1.165) is 31.4 Å². The third-order valence-corrected chi connectivity index (χ3v) is 6.03. The summed E-state index contributed by atoms with van der Waals surface area (Å²) < 4.78 is 4.86. The van der Waals surface area contributed by atoms with Gasteiger partial charge in [0.2, 0.25) is 5.91 Å². The molecule has 1 aromatic rings. The molecule has 0 radical (unpaired) electrons. The fourth-order valence-electron chi connectivity index (χ4n) is 3.89. The van der Waals surface area contributed by atoms with Crippen LogP contribution in [0.3, 0.4) is 0 Å². The van der Waals surface area contributed by atoms with Crippen molar-refractivity contribution in [3.8, 4) is 0 Å². The van der Waals surface area contributed by atoms with Crippen LogP contribution in [0.1, 0.15) is 24.8 Å². The number of amides is 2. The van der Waals surface area contributed by atoms with E-state index in [2.05, 4.69) is 5.32 Å². The summed E-state index contributed by atoms with van der Waals surface area (Å²) >= 11 is 12.0. The Balaban J connectivity index is 1.70. The molecular formula is C19H25Cl2N3O3. The van der Waals surface area contributed by atoms with Gasteiger partial charge >= 0.3 is 6.09 Å². The second kappa shape index (κ2) is 9.13. The number of carbonyl (C=O) groups excluding carboxylic acids is 2. The predicted molar refractivity (Wildman–Crippen MR) is 105 cm³/mol. The second-order valence-electron chi connectivity index (χ2n) is 7.11. The van der Waals surface area contributed by atoms with E-state index < -0.39 is 0 Å². The third-order valence-electron chi connectivity index (χ3n) is 5.29. The van der Waals surface area contributed by atoms with E-state index in [1.807, 2.05) is 11.0 Å². The molecule has 1 N–H and O–H groups in total. The van der Waals surface area contributed by atoms with Crippen LogP contribution in [-0.2, 0) is 16.0 Å². The number of piperazine rings is 1. The normalized spacial score (nSPS) is 22.8. The minimum absolute atomic E-state index is 0.0243. The number of hydrogen-bond donors (Lipinski definition) is 1. The molecule has 0 saturated carbocycles. The maximum Gasteiger partial charge on any atom is 0.409 e. The van der Waals surface area contributed by atoms with Crippen molar-refractivity contribution in [2.75, 3.05) is 33.3 Å². The lowest BCUT2D eigenvalue weighted by Crippen LogP contribution is -2.58. The Morgan fingerprint density at radius 3 is 2.74 bits per heavy atom. The topological polar surface area (TPSA) is 61.9 Å². The number of ether oxygens (including phenoxy) is 1. The highest BCUT2D eigenvalue weighted by Gasteiger charge is 2.34. The van der Waals surface area contributed by atoms with Gasteiger partial charge < -0.3 is 19.9 Å². The van der Waals surface area contributed by atoms with Crippen LogP contribution in [0, 0.1) is 0 Å². The second-order valence-corrected chi connectivity index (χ2v) is 7.93. The Kier molecular flexibility index (Phi) is 6.84. The number of nitrogens with zero attached hydrogens (tertiary/aromatic N) is 2. The van der Waals surface area contributed by atoms with Crippen LogP contribution in [-0.4, -0.2) is 67.2 Å². The zero-order chi connectivity index (χ0) is 19.4. The van der Waals surface area contributed by atoms with E-state index in [9.17, 15) is 9.59 Å². The van der Waals surface area contributed by atoms with Gasteiger partial charge in [-0.1, -0.05) is 29.3 Å². The molecule has 2 amide bonds. The van der Waals surface area contributed by atoms with Gasteiger partial charge in [-0.2, -0.15) is 0 Å². The van der Waals surface area contributed by atoms with Crippen LogP contribution < -0.4 is 5.32 Å². The maximum absolute atomic E-state index is 13.0. The first-order valence-corrected chi connectivity index (χ1v) is 10.0. The molecule has 0 aromatic heterocycles. The van der Waals surface area contributed by atoms with E-state index in [0.29, 0.717) is 35.7 Å². The van der Waals surface area contributed by atoms with Crippen LogP contribution in [0.15, 0.2) is 18.2 Å². The number of nitrogens with one attached hydrogen (secondary N) is 1. The monoisotopic (exact) mass is 413 g/mol. The van der Waals surface area contributed by atoms with Crippen LogP contribution in [0.4, 0.5) is 4.79 Å². The fourth-order valence-corrected chi connectivity index (χ4v) is 4.21. The van der Waals surface area contributed by atoms with Crippen molar-refractivity contribution >= 4 is 35.2 Å². The standard InChI is InChI=1S/C19H25Cl2N3O3/c1-27-19(26)23-7-8-24(15(12-23)11-14-3-2-6-22-14)18(25)10-13-4-5-16(20)17(21)9-13/h4-5,9,14-15,22H,2-3,6-8,10-12H2,1H3. The maximum atomic E-state index is 13.0. The number of rotatable bonds is 4. The van der Waals surface area contributed by atoms with Gasteiger partial charge in [0.1, 0.15) is 0 Å². The Bertz CT molecular complexity index is 695. The van der Waals surface area contributed by atoms with Gasteiger partial charge in [-0.15, -0.1) is 0 Å². The molecule has 2 atom stereocenters. The number of benzene rings is 1. The summed E-state index contributed by atoms with van der Waals surface area (Å²) in [5.74, 6) is 0.0425. The van der Waals surface area contributed by atoms with Gasteiger partial charge in [-0.25, -0.2) is 4.79 Å². The van der Waals surface area contributed by atoms with E-state index in [-0.39, 0.29) is 24.5 Å². The van der Waals surface area contributed by atoms with Gasteiger partial charge in [0, 0.05) is 25.7 Å². The van der Waals surface area contributed by atoms with Crippen molar-refractivity contribution in [3.63, 3.8) is 0 Å². The molecule has 2 aliphatic rings. The zero-order valence-corrected chi connectivity index (χ0v) is 16.9. The minimum atomic E-state index is -0.337. The van der Waals surface area contributed by atoms with Crippen molar-refractivity contribution in [1.29, 1.82) is 0 Å². The van der Waals surface area contributed by atoms with Crippen molar-refractivity contribution in [2.24, 2.45) is 0 Å². The lowest BCUT2D eigenvalue weighted by molar-refractivity contribution is -0.135. The Morgan fingerprint density at radius 1 is 1.26 bits per heavy atom. The first-order valence-electron chi connectivity index (χ1n) is 9.27. The summed E-state index contributed by atoms with van der Waals surface area (Å²) in [4.78, 5) is 28.5. The molecular weight excluding hydrogens is 389 g/mol. The molecule has 2 aliphatic heterocycles. The van der Waals surface area contributed by atoms with Crippen LogP contribution in [0.5, 0.6) is 0 Å². The highest BCUT2D eigenvalue weighted by molar-refractivity contribution is 6.42. The van der Waals surface area contributed by atoms with Crippen LogP contribution in [0.25, 0.3) is 0 Å². The summed E-state index contributed by atoms with van der Waals surface area (Å²) in [6, 6.07) is 5.63. The molecule has 6 nitrogen and oxygen atoms in total. The van der Waals surface area contributed by atoms with E-state index in [1.165, 1.54) is 7.11 Å². The SMILES string of the molecule is COC(=O)N1CCN(C(=O)Cc2ccc(Cl)c(Cl)c2)C(CC2CCCN2)C1. The molecule has 2 heterocycles. The van der Waals surface area contributed by atoms with E-state index >= 15 is 0 Å². The smallest absolute Gasteiger partial charge is 0.409 e. The minimum Gasteiger partial charge on any atom is -0.453 e. The van der Waals surface area contributed by atoms with Gasteiger partial charge in [0.15, 0.2) is 0 Å². The highest BCUT2D eigenvalue weighted by atomic mass is 35.5. The molecule has 148 valence electrons. The Hall–Kier alpha value is -1.50. The number of hydrogen-bond acceptors (Lipinski definition) is 4. The first kappa shape index (κ1) is 20.2. The summed E-state index contributed by atoms with van der Waals surface area (Å²) in [5, 5.41) is 4.40. The molecule has 27 heavy (non-hydrogen) atoms. The number of carbonyl (C=O) groups is 2. The van der Waals surface area contributed by atoms with E-state index in [1.54, 1.807) is 17.0 Å². The summed E-state index contributed by atoms with van der Waals surface area (Å²) in [7, 11) is 1.39. The fraction of sp³-hybridized carbons (Fsp3) is 0.579. The molecule has 8 heteroatoms. The van der Waals surface area contributed by atoms with Crippen molar-refractivity contribution < 1.29 is 14.3 Å². The number of methoxy groups -OCH3 is 1. The number of halogens is 2. The lowest BCUT2D eigenvalue weighted by atomic mass is 10.0. The van der Waals surface area contributed by atoms with Crippen molar-refractivity contribution in [1.82, 2.24) is 15.1 Å². The van der Waals surface area contributed by atoms with Crippen molar-refractivity contribution in [2.45, 2.75) is 37.8 Å². The molecule has 2 unspecified atom stereocenters. The Labute approximate surface area is 169 Å². The third kappa shape index (κ3) is 5.06. The summed E-state index contributed by atoms with van der Waals surface area (Å²) in [5.41, 5.74) is 0.836. The van der Waals surface area contributed by atoms with Crippen molar-refractivity contribution in [3.05, 3.63) is 33.8 Å². The van der Waals surface area contributed by atoms with E-state index in [4.69, 9.17) is 27.9 Å². The largest absolute Gasteiger partial charge is 0.453 e. The summed E-state index contributed by atoms with van der Waals surface area (Å²) in [6.45, 7) is 2.49. The Morgan fingerprint density at radius 2 is 2.07 bits per heavy atom. The molecule has 3 rings (SSSR count). The average molecular weight is 414 g/mol. The van der Waals surface area contributed by atoms with Gasteiger partial charge in [0.25, 0.3) is 0 Å². The summed E-state index contributed by atoms with van der Waals surface area (Å²) in [6.07, 6.45) is 3.01. The van der Waals surface area contributed by atoms with Gasteiger partial charge in [-0.05, 0) is 43.5 Å². The van der Waals surface area contributed by atoms with Gasteiger partial charge in [0.05, 0.1) is 29.6 Å². The molecule has 2 fully saturated rings. The highest BCUT2D eigenvalue weighted by Crippen LogP contribution is 2.24. The molecule has 0 aliphatic carbocycles. The quantitative estimate of drug-likeness (QED) is 0.823. The first-order chi connectivity index (χ1) is 13.0. The van der Waals surface area contributed by atoms with Crippen LogP contribution >= 0.6 is 23.2 Å². The predicted octanol–water partition coefficient (Wildman–Crippen LogP) is 2.96. The average Bonchev–Trinajstić information content (AvgIpc) is 3.17. The van der Waals surface area contributed by atoms with Crippen LogP contribution in [0.2, 0.25) is 10.0 Å². The zero-order valence-electron chi connectivity index (χ0n) is 15.4.